The summed E-state index contributed by atoms with van der Waals surface area (Å²) in [4.78, 5) is 11.2. The second-order valence-corrected chi connectivity index (χ2v) is 4.86. The van der Waals surface area contributed by atoms with E-state index in [1.54, 1.807) is 0 Å². The molecule has 2 aliphatic rings. The maximum atomic E-state index is 14.3. The van der Waals surface area contributed by atoms with Gasteiger partial charge in [-0.05, 0) is 31.2 Å². The first-order valence-corrected chi connectivity index (χ1v) is 6.23. The van der Waals surface area contributed by atoms with E-state index in [9.17, 15) is 13.6 Å². The molecule has 1 amide bonds. The van der Waals surface area contributed by atoms with Crippen LogP contribution >= 0.6 is 0 Å². The number of fused-ring (bicyclic) bond motifs is 1. The van der Waals surface area contributed by atoms with Gasteiger partial charge in [-0.15, -0.1) is 0 Å². The van der Waals surface area contributed by atoms with Crippen LogP contribution < -0.4 is 15.4 Å². The summed E-state index contributed by atoms with van der Waals surface area (Å²) in [5, 5.41) is 5.49. The zero-order valence-electron chi connectivity index (χ0n) is 10.2. The van der Waals surface area contributed by atoms with Gasteiger partial charge in [-0.2, -0.15) is 0 Å². The van der Waals surface area contributed by atoms with Gasteiger partial charge < -0.3 is 15.4 Å². The standard InChI is InChI=1S/C13H14F2N2O2/c14-13(15,9-3-4-16-6-9)8-1-2-11-10(5-8)17-12(18)7-19-11/h1-2,5,9,16H,3-4,6-7H2,(H,17,18). The molecule has 2 aliphatic heterocycles. The van der Waals surface area contributed by atoms with E-state index in [0.717, 1.165) is 0 Å². The molecule has 0 aromatic heterocycles. The highest BCUT2D eigenvalue weighted by Gasteiger charge is 2.43. The van der Waals surface area contributed by atoms with Gasteiger partial charge in [0.05, 0.1) is 5.69 Å². The Balaban J connectivity index is 1.92. The van der Waals surface area contributed by atoms with Gasteiger partial charge in [0.1, 0.15) is 5.75 Å². The Kier molecular flexibility index (Phi) is 2.89. The maximum Gasteiger partial charge on any atom is 0.277 e. The van der Waals surface area contributed by atoms with Crippen molar-refractivity contribution in [2.24, 2.45) is 5.92 Å². The lowest BCUT2D eigenvalue weighted by molar-refractivity contribution is -0.118. The molecule has 0 aliphatic carbocycles. The molecule has 1 fully saturated rings. The number of halogens is 2. The minimum absolute atomic E-state index is 0.0741. The van der Waals surface area contributed by atoms with Gasteiger partial charge in [-0.1, -0.05) is 0 Å². The zero-order chi connectivity index (χ0) is 13.5. The highest BCUT2D eigenvalue weighted by Crippen LogP contribution is 2.41. The number of anilines is 1. The summed E-state index contributed by atoms with van der Waals surface area (Å²) < 4.78 is 33.8. The first-order valence-electron chi connectivity index (χ1n) is 6.23. The van der Waals surface area contributed by atoms with Gasteiger partial charge in [0.25, 0.3) is 11.8 Å². The zero-order valence-corrected chi connectivity index (χ0v) is 10.2. The second-order valence-electron chi connectivity index (χ2n) is 4.86. The van der Waals surface area contributed by atoms with Crippen molar-refractivity contribution in [2.75, 3.05) is 25.0 Å². The Morgan fingerprint density at radius 1 is 1.37 bits per heavy atom. The molecule has 2 N–H and O–H groups in total. The Morgan fingerprint density at radius 2 is 2.21 bits per heavy atom. The van der Waals surface area contributed by atoms with Crippen LogP contribution in [0.4, 0.5) is 14.5 Å². The maximum absolute atomic E-state index is 14.3. The normalized spacial score (nSPS) is 22.6. The number of alkyl halides is 2. The fraction of sp³-hybridized carbons (Fsp3) is 0.462. The first kappa shape index (κ1) is 12.3. The van der Waals surface area contributed by atoms with Crippen LogP contribution in [-0.4, -0.2) is 25.6 Å². The molecule has 0 radical (unpaired) electrons. The summed E-state index contributed by atoms with van der Waals surface area (Å²) in [6.07, 6.45) is 0.451. The molecule has 3 rings (SSSR count). The summed E-state index contributed by atoms with van der Waals surface area (Å²) in [6.45, 7) is 0.854. The van der Waals surface area contributed by atoms with Crippen molar-refractivity contribution in [2.45, 2.75) is 12.3 Å². The van der Waals surface area contributed by atoms with Gasteiger partial charge >= 0.3 is 0 Å². The van der Waals surface area contributed by atoms with Crippen molar-refractivity contribution >= 4 is 11.6 Å². The topological polar surface area (TPSA) is 50.4 Å². The minimum Gasteiger partial charge on any atom is -0.482 e. The van der Waals surface area contributed by atoms with Crippen LogP contribution in [0.5, 0.6) is 5.75 Å². The number of nitrogens with one attached hydrogen (secondary N) is 2. The van der Waals surface area contributed by atoms with Crippen LogP contribution in [-0.2, 0) is 10.7 Å². The highest BCUT2D eigenvalue weighted by molar-refractivity contribution is 5.95. The number of benzene rings is 1. The molecule has 1 aromatic carbocycles. The van der Waals surface area contributed by atoms with E-state index in [-0.39, 0.29) is 18.1 Å². The number of hydrogen-bond acceptors (Lipinski definition) is 3. The molecule has 0 saturated carbocycles. The van der Waals surface area contributed by atoms with E-state index < -0.39 is 11.8 Å². The lowest BCUT2D eigenvalue weighted by Crippen LogP contribution is -2.29. The molecule has 1 saturated heterocycles. The van der Waals surface area contributed by atoms with E-state index >= 15 is 0 Å². The molecular formula is C13H14F2N2O2. The van der Waals surface area contributed by atoms with Crippen LogP contribution in [0.25, 0.3) is 0 Å². The minimum atomic E-state index is -2.90. The number of amides is 1. The monoisotopic (exact) mass is 268 g/mol. The predicted octanol–water partition coefficient (Wildman–Crippen LogP) is 1.72. The van der Waals surface area contributed by atoms with Gasteiger partial charge in [0.15, 0.2) is 6.61 Å². The molecule has 4 nitrogen and oxygen atoms in total. The van der Waals surface area contributed by atoms with E-state index in [0.29, 0.717) is 30.9 Å². The molecule has 1 unspecified atom stereocenters. The van der Waals surface area contributed by atoms with Gasteiger partial charge in [-0.25, -0.2) is 8.78 Å². The Morgan fingerprint density at radius 3 is 2.95 bits per heavy atom. The third kappa shape index (κ3) is 2.16. The molecule has 1 aromatic rings. The van der Waals surface area contributed by atoms with Crippen LogP contribution in [0, 0.1) is 5.92 Å². The van der Waals surface area contributed by atoms with Crippen molar-refractivity contribution in [1.82, 2.24) is 5.32 Å². The first-order chi connectivity index (χ1) is 9.07. The SMILES string of the molecule is O=C1COc2ccc(C(F)(F)C3CCNC3)cc2N1. The molecular weight excluding hydrogens is 254 g/mol. The van der Waals surface area contributed by atoms with Gasteiger partial charge in [-0.3, -0.25) is 4.79 Å². The highest BCUT2D eigenvalue weighted by atomic mass is 19.3. The third-order valence-corrected chi connectivity index (χ3v) is 3.57. The molecule has 2 heterocycles. The van der Waals surface area contributed by atoms with E-state index in [4.69, 9.17) is 4.74 Å². The number of ether oxygens (including phenoxy) is 1. The number of rotatable bonds is 2. The van der Waals surface area contributed by atoms with Crippen molar-refractivity contribution in [3.8, 4) is 5.75 Å². The second kappa shape index (κ2) is 4.45. The Hall–Kier alpha value is -1.69. The van der Waals surface area contributed by atoms with E-state index in [1.807, 2.05) is 0 Å². The van der Waals surface area contributed by atoms with Crippen molar-refractivity contribution in [3.05, 3.63) is 23.8 Å². The molecule has 102 valence electrons. The largest absolute Gasteiger partial charge is 0.482 e. The molecule has 1 atom stereocenters. The van der Waals surface area contributed by atoms with Crippen molar-refractivity contribution in [3.63, 3.8) is 0 Å². The summed E-state index contributed by atoms with van der Waals surface area (Å²) in [5.74, 6) is -3.49. The summed E-state index contributed by atoms with van der Waals surface area (Å²) in [7, 11) is 0. The Labute approximate surface area is 109 Å². The molecule has 6 heteroatoms. The lowest BCUT2D eigenvalue weighted by Gasteiger charge is -2.25. The molecule has 19 heavy (non-hydrogen) atoms. The fourth-order valence-corrected chi connectivity index (χ4v) is 2.49. The van der Waals surface area contributed by atoms with E-state index in [1.165, 1.54) is 18.2 Å². The summed E-state index contributed by atoms with van der Waals surface area (Å²) in [5.41, 5.74) is 0.241. The quantitative estimate of drug-likeness (QED) is 0.858. The molecule has 0 bridgehead atoms. The predicted molar refractivity (Wildman–Crippen MR) is 65.4 cm³/mol. The smallest absolute Gasteiger partial charge is 0.277 e. The van der Waals surface area contributed by atoms with Gasteiger partial charge in [0, 0.05) is 18.0 Å². The third-order valence-electron chi connectivity index (χ3n) is 3.57. The van der Waals surface area contributed by atoms with Crippen LogP contribution in [0.3, 0.4) is 0 Å². The molecule has 0 spiro atoms. The number of carbonyl (C=O) groups is 1. The van der Waals surface area contributed by atoms with Crippen molar-refractivity contribution < 1.29 is 18.3 Å². The number of hydrogen-bond donors (Lipinski definition) is 2. The Bertz CT molecular complexity index is 513. The number of carbonyl (C=O) groups excluding carboxylic acids is 1. The van der Waals surface area contributed by atoms with Crippen LogP contribution in [0.15, 0.2) is 18.2 Å². The fourth-order valence-electron chi connectivity index (χ4n) is 2.49. The van der Waals surface area contributed by atoms with Gasteiger partial charge in [0.2, 0.25) is 0 Å². The lowest BCUT2D eigenvalue weighted by atomic mass is 9.93. The van der Waals surface area contributed by atoms with Crippen LogP contribution in [0.2, 0.25) is 0 Å². The summed E-state index contributed by atoms with van der Waals surface area (Å²) >= 11 is 0. The summed E-state index contributed by atoms with van der Waals surface area (Å²) in [6, 6.07) is 4.17. The average molecular weight is 268 g/mol. The van der Waals surface area contributed by atoms with Crippen molar-refractivity contribution in [1.29, 1.82) is 0 Å². The van der Waals surface area contributed by atoms with Crippen LogP contribution in [0.1, 0.15) is 12.0 Å². The average Bonchev–Trinajstić information content (AvgIpc) is 2.92. The van der Waals surface area contributed by atoms with E-state index in [2.05, 4.69) is 10.6 Å².